The quantitative estimate of drug-likeness (QED) is 0.653. The number of amides is 2. The molecule has 160 valence electrons. The van der Waals surface area contributed by atoms with E-state index in [9.17, 15) is 9.59 Å². The molecule has 0 fully saturated rings. The van der Waals surface area contributed by atoms with Crippen LogP contribution in [0.5, 0.6) is 11.5 Å². The first-order valence-corrected chi connectivity index (χ1v) is 10.6. The fourth-order valence-corrected chi connectivity index (χ4v) is 3.34. The Balaban J connectivity index is 1.78. The molecule has 3 rings (SSSR count). The molecule has 30 heavy (non-hydrogen) atoms. The third-order valence-electron chi connectivity index (χ3n) is 4.98. The lowest BCUT2D eigenvalue weighted by Crippen LogP contribution is -2.47. The second kappa shape index (κ2) is 10.0. The zero-order valence-electron chi connectivity index (χ0n) is 16.8. The summed E-state index contributed by atoms with van der Waals surface area (Å²) in [5.41, 5.74) is 0.828. The number of carbonyl (C=O) groups is 2. The number of benzene rings is 2. The van der Waals surface area contributed by atoms with E-state index in [-0.39, 0.29) is 17.7 Å². The minimum absolute atomic E-state index is 0.0968. The maximum atomic E-state index is 13.0. The molecule has 2 atom stereocenters. The van der Waals surface area contributed by atoms with Crippen LogP contribution in [0.1, 0.15) is 37.0 Å². The summed E-state index contributed by atoms with van der Waals surface area (Å²) < 4.78 is 11.3. The fourth-order valence-electron chi connectivity index (χ4n) is 3.02. The summed E-state index contributed by atoms with van der Waals surface area (Å²) in [6.07, 6.45) is 1.47. The second-order valence-electron chi connectivity index (χ2n) is 7.16. The van der Waals surface area contributed by atoms with Gasteiger partial charge in [-0.05, 0) is 30.2 Å². The van der Waals surface area contributed by atoms with Crippen molar-refractivity contribution >= 4 is 40.7 Å². The van der Waals surface area contributed by atoms with Crippen molar-refractivity contribution < 1.29 is 19.1 Å². The normalized spacial score (nSPS) is 14.9. The highest BCUT2D eigenvalue weighted by molar-refractivity contribution is 6.34. The van der Waals surface area contributed by atoms with Gasteiger partial charge in [0.1, 0.15) is 6.04 Å². The molecule has 0 radical (unpaired) electrons. The monoisotopic (exact) mass is 450 g/mol. The minimum atomic E-state index is -0.745. The summed E-state index contributed by atoms with van der Waals surface area (Å²) in [6, 6.07) is 9.02. The molecule has 1 heterocycles. The molecule has 8 heteroatoms. The zero-order valence-corrected chi connectivity index (χ0v) is 18.3. The van der Waals surface area contributed by atoms with Gasteiger partial charge in [0.05, 0.1) is 23.9 Å². The Hall–Kier alpha value is -2.44. The number of halogens is 2. The zero-order chi connectivity index (χ0) is 21.7. The van der Waals surface area contributed by atoms with Crippen molar-refractivity contribution in [1.29, 1.82) is 0 Å². The van der Waals surface area contributed by atoms with Gasteiger partial charge < -0.3 is 20.1 Å². The average Bonchev–Trinajstić information content (AvgIpc) is 2.96. The van der Waals surface area contributed by atoms with Crippen LogP contribution in [-0.2, 0) is 4.79 Å². The van der Waals surface area contributed by atoms with Gasteiger partial charge in [-0.2, -0.15) is 0 Å². The van der Waals surface area contributed by atoms with Gasteiger partial charge in [-0.15, -0.1) is 0 Å². The Morgan fingerprint density at radius 3 is 2.33 bits per heavy atom. The van der Waals surface area contributed by atoms with Crippen LogP contribution in [0.3, 0.4) is 0 Å². The van der Waals surface area contributed by atoms with E-state index in [0.717, 1.165) is 6.42 Å². The molecule has 0 saturated heterocycles. The molecule has 0 saturated carbocycles. The van der Waals surface area contributed by atoms with E-state index in [1.807, 2.05) is 13.8 Å². The van der Waals surface area contributed by atoms with Crippen LogP contribution in [0.2, 0.25) is 10.0 Å². The number of carbonyl (C=O) groups excluding carboxylic acids is 2. The molecule has 2 N–H and O–H groups in total. The van der Waals surface area contributed by atoms with Crippen molar-refractivity contribution in [1.82, 2.24) is 5.32 Å². The molecule has 1 aliphatic heterocycles. The Bertz CT molecular complexity index is 918. The highest BCUT2D eigenvalue weighted by Crippen LogP contribution is 2.37. The SMILES string of the molecule is CCC(C)C(NC(=O)c1ccc(Cl)cc1)C(=O)Nc1cc2c(cc1Cl)OCCCO2. The summed E-state index contributed by atoms with van der Waals surface area (Å²) in [6.45, 7) is 4.93. The van der Waals surface area contributed by atoms with Gasteiger partial charge in [0.2, 0.25) is 5.91 Å². The molecule has 6 nitrogen and oxygen atoms in total. The lowest BCUT2D eigenvalue weighted by atomic mass is 9.97. The van der Waals surface area contributed by atoms with E-state index in [2.05, 4.69) is 10.6 Å². The molecule has 0 bridgehead atoms. The number of hydrogen-bond acceptors (Lipinski definition) is 4. The highest BCUT2D eigenvalue weighted by Gasteiger charge is 2.27. The van der Waals surface area contributed by atoms with E-state index < -0.39 is 6.04 Å². The molecular formula is C22H24Cl2N2O4. The fraction of sp³-hybridized carbons (Fsp3) is 0.364. The number of anilines is 1. The van der Waals surface area contributed by atoms with Crippen LogP contribution in [0.15, 0.2) is 36.4 Å². The predicted molar refractivity (Wildman–Crippen MR) is 118 cm³/mol. The summed E-state index contributed by atoms with van der Waals surface area (Å²) in [5, 5.41) is 6.51. The van der Waals surface area contributed by atoms with Gasteiger partial charge in [0.15, 0.2) is 11.5 Å². The molecular weight excluding hydrogens is 427 g/mol. The Morgan fingerprint density at radius 2 is 1.70 bits per heavy atom. The molecule has 1 aliphatic rings. The van der Waals surface area contributed by atoms with Crippen molar-refractivity contribution in [2.45, 2.75) is 32.7 Å². The largest absolute Gasteiger partial charge is 0.490 e. The van der Waals surface area contributed by atoms with Crippen LogP contribution < -0.4 is 20.1 Å². The topological polar surface area (TPSA) is 76.7 Å². The van der Waals surface area contributed by atoms with Crippen LogP contribution in [-0.4, -0.2) is 31.1 Å². The molecule has 2 unspecified atom stereocenters. The Kier molecular flexibility index (Phi) is 7.45. The molecule has 0 spiro atoms. The summed E-state index contributed by atoms with van der Waals surface area (Å²) >= 11 is 12.2. The number of nitrogens with one attached hydrogen (secondary N) is 2. The van der Waals surface area contributed by atoms with Gasteiger partial charge in [0.25, 0.3) is 5.91 Å². The van der Waals surface area contributed by atoms with Gasteiger partial charge >= 0.3 is 0 Å². The van der Waals surface area contributed by atoms with Crippen LogP contribution in [0.25, 0.3) is 0 Å². The number of rotatable bonds is 6. The number of fused-ring (bicyclic) bond motifs is 1. The first-order valence-electron chi connectivity index (χ1n) is 9.85. The van der Waals surface area contributed by atoms with Gasteiger partial charge in [-0.1, -0.05) is 43.5 Å². The van der Waals surface area contributed by atoms with E-state index >= 15 is 0 Å². The third kappa shape index (κ3) is 5.37. The van der Waals surface area contributed by atoms with Crippen molar-refractivity contribution in [3.05, 3.63) is 52.0 Å². The molecule has 0 aromatic heterocycles. The molecule has 2 aromatic carbocycles. The van der Waals surface area contributed by atoms with Gasteiger partial charge in [-0.3, -0.25) is 9.59 Å². The lowest BCUT2D eigenvalue weighted by Gasteiger charge is -2.24. The second-order valence-corrected chi connectivity index (χ2v) is 8.01. The Labute approximate surface area is 185 Å². The molecule has 2 aromatic rings. The van der Waals surface area contributed by atoms with Crippen molar-refractivity contribution in [2.24, 2.45) is 5.92 Å². The number of ether oxygens (including phenoxy) is 2. The standard InChI is InChI=1S/C22H24Cl2N2O4/c1-3-13(2)20(26-21(27)14-5-7-15(23)8-6-14)22(28)25-17-12-19-18(11-16(17)24)29-9-4-10-30-19/h5-8,11-13,20H,3-4,9-10H2,1-2H3,(H,25,28)(H,26,27). The van der Waals surface area contributed by atoms with Crippen LogP contribution in [0.4, 0.5) is 5.69 Å². The van der Waals surface area contributed by atoms with Crippen molar-refractivity contribution in [3.63, 3.8) is 0 Å². The predicted octanol–water partition coefficient (Wildman–Crippen LogP) is 4.94. The number of hydrogen-bond donors (Lipinski definition) is 2. The minimum Gasteiger partial charge on any atom is -0.490 e. The van der Waals surface area contributed by atoms with Crippen molar-refractivity contribution in [3.8, 4) is 11.5 Å². The van der Waals surface area contributed by atoms with E-state index in [1.54, 1.807) is 36.4 Å². The average molecular weight is 451 g/mol. The molecule has 2 amide bonds. The maximum Gasteiger partial charge on any atom is 0.251 e. The summed E-state index contributed by atoms with van der Waals surface area (Å²) in [7, 11) is 0. The lowest BCUT2D eigenvalue weighted by molar-refractivity contribution is -0.119. The van der Waals surface area contributed by atoms with Crippen LogP contribution in [0, 0.1) is 5.92 Å². The first-order chi connectivity index (χ1) is 14.4. The van der Waals surface area contributed by atoms with E-state index in [4.69, 9.17) is 32.7 Å². The summed E-state index contributed by atoms with van der Waals surface area (Å²) in [5.74, 6) is 0.267. The summed E-state index contributed by atoms with van der Waals surface area (Å²) in [4.78, 5) is 25.7. The third-order valence-corrected chi connectivity index (χ3v) is 5.55. The Morgan fingerprint density at radius 1 is 1.07 bits per heavy atom. The van der Waals surface area contributed by atoms with E-state index in [0.29, 0.717) is 52.4 Å². The van der Waals surface area contributed by atoms with Gasteiger partial charge in [-0.25, -0.2) is 0 Å². The highest BCUT2D eigenvalue weighted by atomic mass is 35.5. The first kappa shape index (κ1) is 22.2. The van der Waals surface area contributed by atoms with Crippen LogP contribution >= 0.6 is 23.2 Å². The van der Waals surface area contributed by atoms with Gasteiger partial charge in [0, 0.05) is 29.1 Å². The van der Waals surface area contributed by atoms with E-state index in [1.165, 1.54) is 0 Å². The smallest absolute Gasteiger partial charge is 0.251 e. The maximum absolute atomic E-state index is 13.0. The van der Waals surface area contributed by atoms with Crippen molar-refractivity contribution in [2.75, 3.05) is 18.5 Å². The molecule has 0 aliphatic carbocycles.